The van der Waals surface area contributed by atoms with Gasteiger partial charge in [0.1, 0.15) is 0 Å². The van der Waals surface area contributed by atoms with Gasteiger partial charge in [-0.05, 0) is 5.41 Å². The molecule has 0 saturated carbocycles. The first-order valence-corrected chi connectivity index (χ1v) is 3.28. The largest absolute Gasteiger partial charge is 0.261 e. The first kappa shape index (κ1) is 10.1. The molecule has 0 bridgehead atoms. The topological polar surface area (TPSA) is 23.8 Å². The SMILES string of the molecule is CC(C)(C)/C(=C\C#N)C(F)F. The predicted molar refractivity (Wildman–Crippen MR) is 39.2 cm³/mol. The van der Waals surface area contributed by atoms with E-state index in [0.717, 1.165) is 6.08 Å². The van der Waals surface area contributed by atoms with Crippen molar-refractivity contribution in [3.05, 3.63) is 11.6 Å². The van der Waals surface area contributed by atoms with Crippen molar-refractivity contribution in [1.29, 1.82) is 5.26 Å². The molecule has 0 unspecified atom stereocenters. The number of hydrogen-bond donors (Lipinski definition) is 0. The summed E-state index contributed by atoms with van der Waals surface area (Å²) in [4.78, 5) is 0. The maximum absolute atomic E-state index is 12.2. The van der Waals surface area contributed by atoms with Crippen molar-refractivity contribution in [3.63, 3.8) is 0 Å². The average Bonchev–Trinajstić information content (AvgIpc) is 1.79. The van der Waals surface area contributed by atoms with Crippen LogP contribution in [0.4, 0.5) is 8.78 Å². The molecule has 0 atom stereocenters. The number of nitriles is 1. The fourth-order valence-corrected chi connectivity index (χ4v) is 0.676. The van der Waals surface area contributed by atoms with E-state index in [9.17, 15) is 8.78 Å². The molecule has 0 aliphatic rings. The van der Waals surface area contributed by atoms with Gasteiger partial charge in [0, 0.05) is 11.6 Å². The average molecular weight is 159 g/mol. The van der Waals surface area contributed by atoms with E-state index in [-0.39, 0.29) is 5.57 Å². The van der Waals surface area contributed by atoms with Crippen LogP contribution in [0, 0.1) is 16.7 Å². The van der Waals surface area contributed by atoms with Gasteiger partial charge in [-0.2, -0.15) is 5.26 Å². The van der Waals surface area contributed by atoms with Gasteiger partial charge in [-0.1, -0.05) is 20.8 Å². The maximum Gasteiger partial charge on any atom is 0.261 e. The molecule has 0 radical (unpaired) electrons. The zero-order chi connectivity index (χ0) is 9.07. The zero-order valence-corrected chi connectivity index (χ0v) is 6.86. The third kappa shape index (κ3) is 3.13. The lowest BCUT2D eigenvalue weighted by Crippen LogP contribution is -2.15. The van der Waals surface area contributed by atoms with Gasteiger partial charge in [0.15, 0.2) is 0 Å². The Kier molecular flexibility index (Phi) is 3.18. The quantitative estimate of drug-likeness (QED) is 0.539. The van der Waals surface area contributed by atoms with Crippen LogP contribution in [-0.4, -0.2) is 6.43 Å². The predicted octanol–water partition coefficient (Wildman–Crippen LogP) is 2.75. The van der Waals surface area contributed by atoms with Crippen LogP contribution in [0.1, 0.15) is 20.8 Å². The molecular formula is C8H11F2N. The van der Waals surface area contributed by atoms with Gasteiger partial charge < -0.3 is 0 Å². The molecule has 0 spiro atoms. The lowest BCUT2D eigenvalue weighted by molar-refractivity contribution is 0.162. The van der Waals surface area contributed by atoms with Crippen LogP contribution in [0.25, 0.3) is 0 Å². The molecule has 0 fully saturated rings. The van der Waals surface area contributed by atoms with E-state index < -0.39 is 11.8 Å². The Morgan fingerprint density at radius 1 is 1.45 bits per heavy atom. The minimum Gasteiger partial charge on any atom is -0.205 e. The molecule has 0 rings (SSSR count). The first-order chi connectivity index (χ1) is 4.89. The molecule has 0 aromatic rings. The van der Waals surface area contributed by atoms with Crippen LogP contribution >= 0.6 is 0 Å². The van der Waals surface area contributed by atoms with Gasteiger partial charge in [0.25, 0.3) is 6.43 Å². The lowest BCUT2D eigenvalue weighted by Gasteiger charge is -2.20. The molecule has 0 aliphatic carbocycles. The summed E-state index contributed by atoms with van der Waals surface area (Å²) in [5, 5.41) is 8.19. The molecule has 3 heteroatoms. The van der Waals surface area contributed by atoms with E-state index in [1.807, 2.05) is 0 Å². The van der Waals surface area contributed by atoms with Gasteiger partial charge in [0.05, 0.1) is 6.07 Å². The fraction of sp³-hybridized carbons (Fsp3) is 0.625. The second kappa shape index (κ2) is 3.47. The smallest absolute Gasteiger partial charge is 0.205 e. The molecule has 62 valence electrons. The Labute approximate surface area is 65.3 Å². The van der Waals surface area contributed by atoms with Crippen LogP contribution in [0.2, 0.25) is 0 Å². The van der Waals surface area contributed by atoms with Gasteiger partial charge in [0.2, 0.25) is 0 Å². The second-order valence-electron chi connectivity index (χ2n) is 3.28. The Balaban J connectivity index is 4.67. The number of nitrogens with zero attached hydrogens (tertiary/aromatic N) is 1. The second-order valence-corrected chi connectivity index (χ2v) is 3.28. The highest BCUT2D eigenvalue weighted by Gasteiger charge is 2.24. The summed E-state index contributed by atoms with van der Waals surface area (Å²) in [6.45, 7) is 4.97. The third-order valence-corrected chi connectivity index (χ3v) is 1.32. The minimum atomic E-state index is -2.53. The number of alkyl halides is 2. The summed E-state index contributed by atoms with van der Waals surface area (Å²) in [7, 11) is 0. The van der Waals surface area contributed by atoms with Crippen LogP contribution < -0.4 is 0 Å². The summed E-state index contributed by atoms with van der Waals surface area (Å²) in [5.74, 6) is 0. The molecule has 0 aliphatic heterocycles. The molecule has 1 nitrogen and oxygen atoms in total. The Morgan fingerprint density at radius 3 is 2.00 bits per heavy atom. The van der Waals surface area contributed by atoms with Crippen molar-refractivity contribution in [2.24, 2.45) is 5.41 Å². The van der Waals surface area contributed by atoms with Gasteiger partial charge in [-0.15, -0.1) is 0 Å². The van der Waals surface area contributed by atoms with Crippen molar-refractivity contribution in [2.45, 2.75) is 27.2 Å². The van der Waals surface area contributed by atoms with Crippen molar-refractivity contribution in [1.82, 2.24) is 0 Å². The van der Waals surface area contributed by atoms with E-state index in [0.29, 0.717) is 0 Å². The molecule has 0 saturated heterocycles. The van der Waals surface area contributed by atoms with E-state index in [1.54, 1.807) is 26.8 Å². The van der Waals surface area contributed by atoms with Crippen LogP contribution in [0.3, 0.4) is 0 Å². The number of hydrogen-bond acceptors (Lipinski definition) is 1. The standard InChI is InChI=1S/C8H11F2N/c1-8(2,3)6(4-5-11)7(9)10/h4,7H,1-3H3/b6-4-. The summed E-state index contributed by atoms with van der Waals surface area (Å²) in [6, 6.07) is 1.61. The fourth-order valence-electron chi connectivity index (χ4n) is 0.676. The summed E-state index contributed by atoms with van der Waals surface area (Å²) in [6.07, 6.45) is -1.61. The first-order valence-electron chi connectivity index (χ1n) is 3.28. The molecule has 0 heterocycles. The van der Waals surface area contributed by atoms with Crippen molar-refractivity contribution in [2.75, 3.05) is 0 Å². The molecule has 0 amide bonds. The normalized spacial score (nSPS) is 13.4. The van der Waals surface area contributed by atoms with Crippen molar-refractivity contribution < 1.29 is 8.78 Å². The molecule has 0 aromatic carbocycles. The molecule has 11 heavy (non-hydrogen) atoms. The van der Waals surface area contributed by atoms with Gasteiger partial charge >= 0.3 is 0 Å². The highest BCUT2D eigenvalue weighted by Crippen LogP contribution is 2.29. The maximum atomic E-state index is 12.2. The highest BCUT2D eigenvalue weighted by atomic mass is 19.3. The van der Waals surface area contributed by atoms with Crippen molar-refractivity contribution >= 4 is 0 Å². The zero-order valence-electron chi connectivity index (χ0n) is 6.86. The third-order valence-electron chi connectivity index (χ3n) is 1.32. The van der Waals surface area contributed by atoms with E-state index >= 15 is 0 Å². The summed E-state index contributed by atoms with van der Waals surface area (Å²) in [5.41, 5.74) is -0.732. The molecule has 0 N–H and O–H groups in total. The Bertz CT molecular complexity index is 193. The van der Waals surface area contributed by atoms with Gasteiger partial charge in [-0.25, -0.2) is 8.78 Å². The number of halogens is 2. The van der Waals surface area contributed by atoms with Gasteiger partial charge in [-0.3, -0.25) is 0 Å². The van der Waals surface area contributed by atoms with E-state index in [4.69, 9.17) is 5.26 Å². The van der Waals surface area contributed by atoms with Crippen LogP contribution in [0.5, 0.6) is 0 Å². The summed E-state index contributed by atoms with van der Waals surface area (Å²) < 4.78 is 24.3. The lowest BCUT2D eigenvalue weighted by atomic mass is 9.86. The highest BCUT2D eigenvalue weighted by molar-refractivity contribution is 5.20. The van der Waals surface area contributed by atoms with E-state index in [2.05, 4.69) is 0 Å². The minimum absolute atomic E-state index is 0.111. The Hall–Kier alpha value is -0.910. The van der Waals surface area contributed by atoms with E-state index in [1.165, 1.54) is 0 Å². The number of allylic oxidation sites excluding steroid dienone is 2. The summed E-state index contributed by atoms with van der Waals surface area (Å²) >= 11 is 0. The Morgan fingerprint density at radius 2 is 1.91 bits per heavy atom. The van der Waals surface area contributed by atoms with Crippen molar-refractivity contribution in [3.8, 4) is 6.07 Å². The molecule has 0 aromatic heterocycles. The van der Waals surface area contributed by atoms with Crippen LogP contribution in [-0.2, 0) is 0 Å². The number of rotatable bonds is 1. The van der Waals surface area contributed by atoms with Crippen LogP contribution in [0.15, 0.2) is 11.6 Å². The monoisotopic (exact) mass is 159 g/mol. The molecular weight excluding hydrogens is 148 g/mol.